The third-order valence-electron chi connectivity index (χ3n) is 29.5. The van der Waals surface area contributed by atoms with Crippen LogP contribution in [0.3, 0.4) is 0 Å². The molecule has 0 aliphatic heterocycles. The predicted octanol–water partition coefficient (Wildman–Crippen LogP) is 33.2. The van der Waals surface area contributed by atoms with Gasteiger partial charge in [-0.2, -0.15) is 0 Å². The van der Waals surface area contributed by atoms with Gasteiger partial charge >= 0.3 is 0 Å². The molecule has 0 fully saturated rings. The molecule has 22 aromatic rings. The van der Waals surface area contributed by atoms with E-state index in [2.05, 4.69) is 473 Å². The molecule has 0 N–H and O–H groups in total. The van der Waals surface area contributed by atoms with Gasteiger partial charge in [0.15, 0.2) is 0 Å². The number of anilines is 6. The van der Waals surface area contributed by atoms with Crippen molar-refractivity contribution in [3.05, 3.63) is 505 Å². The summed E-state index contributed by atoms with van der Waals surface area (Å²) in [4.78, 5) is 5.07. The molecule has 2 spiro atoms. The lowest BCUT2D eigenvalue weighted by Crippen LogP contribution is -2.26. The van der Waals surface area contributed by atoms with Crippen LogP contribution in [-0.2, 0) is 16.2 Å². The summed E-state index contributed by atoms with van der Waals surface area (Å²) in [5.41, 5.74) is 40.7. The molecule has 0 bridgehead atoms. The third kappa shape index (κ3) is 9.96. The van der Waals surface area contributed by atoms with Gasteiger partial charge in [0.25, 0.3) is 0 Å². The highest BCUT2D eigenvalue weighted by atomic mass is 15.2. The predicted molar refractivity (Wildman–Crippen MR) is 533 cm³/mol. The van der Waals surface area contributed by atoms with Crippen LogP contribution in [0.1, 0.15) is 69.5 Å². The molecular formula is C125H80N2. The van der Waals surface area contributed by atoms with Gasteiger partial charge in [0.2, 0.25) is 0 Å². The van der Waals surface area contributed by atoms with E-state index in [1.54, 1.807) is 0 Å². The smallest absolute Gasteiger partial charge is 0.0726 e. The minimum Gasteiger partial charge on any atom is -0.310 e. The molecule has 2 heteroatoms. The zero-order valence-electron chi connectivity index (χ0n) is 70.1. The summed E-state index contributed by atoms with van der Waals surface area (Å²) in [6.45, 7) is 4.79. The quantitative estimate of drug-likeness (QED) is 0.126. The number of hydrogen-bond acceptors (Lipinski definition) is 2. The summed E-state index contributed by atoms with van der Waals surface area (Å²) in [5.74, 6) is 0. The third-order valence-corrected chi connectivity index (χ3v) is 29.5. The van der Waals surface area contributed by atoms with Crippen molar-refractivity contribution in [3.63, 3.8) is 0 Å². The van der Waals surface area contributed by atoms with Gasteiger partial charge in [0, 0.05) is 39.3 Å². The summed E-state index contributed by atoms with van der Waals surface area (Å²) in [6.07, 6.45) is 0. The van der Waals surface area contributed by atoms with E-state index in [0.29, 0.717) is 0 Å². The molecule has 0 saturated carbocycles. The zero-order valence-corrected chi connectivity index (χ0v) is 70.1. The van der Waals surface area contributed by atoms with Gasteiger partial charge < -0.3 is 9.80 Å². The average molecular weight is 1610 g/mol. The van der Waals surface area contributed by atoms with Gasteiger partial charge in [0.1, 0.15) is 0 Å². The molecule has 2 nitrogen and oxygen atoms in total. The van der Waals surface area contributed by atoms with Crippen molar-refractivity contribution >= 4 is 98.8 Å². The normalized spacial score (nSPS) is 14.5. The fourth-order valence-electron chi connectivity index (χ4n) is 24.1. The Kier molecular flexibility index (Phi) is 15.2. The number of fused-ring (bicyclic) bond motifs is 35. The SMILES string of the molecule is CC1(C)c2ccccc2-c2ccc(N(c3ccc(-c4cccc5c6cc(-c7ccc8c(c7)-c7ccccc7C87c8ccccc8-c8c(N(c9ccc(-c%10ccc%11c%12ccccc%12c%12ccccc%12c%11c%10)cc9)c9ccccc9-c9ccccc9)cccc87)ccc6c6ccccc6c45)cc3)c3ccc4c(c3)C3(c5ccccc5-c5ccccc53)c3ccccc3-4)cc21. The summed E-state index contributed by atoms with van der Waals surface area (Å²) in [5, 5.41) is 15.1. The Labute approximate surface area is 738 Å². The van der Waals surface area contributed by atoms with Crippen LogP contribution in [0, 0.1) is 0 Å². The lowest BCUT2D eigenvalue weighted by molar-refractivity contribution is 0.660. The summed E-state index contributed by atoms with van der Waals surface area (Å²) >= 11 is 0. The highest BCUT2D eigenvalue weighted by molar-refractivity contribution is 6.29. The highest BCUT2D eigenvalue weighted by Gasteiger charge is 2.54. The Morgan fingerprint density at radius 2 is 0.488 bits per heavy atom. The van der Waals surface area contributed by atoms with E-state index in [0.717, 1.165) is 50.8 Å². The van der Waals surface area contributed by atoms with Crippen LogP contribution >= 0.6 is 0 Å². The van der Waals surface area contributed by atoms with Crippen LogP contribution in [0.5, 0.6) is 0 Å². The Balaban J connectivity index is 0.583. The molecule has 1 atom stereocenters. The summed E-state index contributed by atoms with van der Waals surface area (Å²) < 4.78 is 0. The van der Waals surface area contributed by atoms with Gasteiger partial charge in [-0.15, -0.1) is 0 Å². The maximum atomic E-state index is 2.54. The molecule has 1 unspecified atom stereocenters. The maximum Gasteiger partial charge on any atom is 0.0726 e. The van der Waals surface area contributed by atoms with Crippen LogP contribution in [-0.4, -0.2) is 0 Å². The van der Waals surface area contributed by atoms with Crippen LogP contribution in [0.15, 0.2) is 449 Å². The number of rotatable bonds is 10. The molecule has 0 amide bonds. The first-order valence-electron chi connectivity index (χ1n) is 44.6. The molecule has 0 aromatic heterocycles. The second kappa shape index (κ2) is 27.0. The first-order valence-corrected chi connectivity index (χ1v) is 44.6. The van der Waals surface area contributed by atoms with Crippen molar-refractivity contribution < 1.29 is 0 Å². The Bertz CT molecular complexity index is 8400. The molecule has 0 radical (unpaired) electrons. The number of benzene rings is 22. The number of nitrogens with zero attached hydrogens (tertiary/aromatic N) is 2. The van der Waals surface area contributed by atoms with E-state index in [9.17, 15) is 0 Å². The van der Waals surface area contributed by atoms with Gasteiger partial charge in [-0.25, -0.2) is 0 Å². The topological polar surface area (TPSA) is 6.48 Å². The summed E-state index contributed by atoms with van der Waals surface area (Å²) in [6, 6.07) is 171. The molecule has 0 saturated heterocycles. The van der Waals surface area contributed by atoms with Gasteiger partial charge in [-0.3, -0.25) is 0 Å². The fraction of sp³-hybridized carbons (Fsp3) is 0.0400. The molecule has 5 aliphatic rings. The molecule has 0 heterocycles. The van der Waals surface area contributed by atoms with Crippen LogP contribution < -0.4 is 9.80 Å². The van der Waals surface area contributed by atoms with Crippen molar-refractivity contribution in [1.82, 2.24) is 0 Å². The van der Waals surface area contributed by atoms with Crippen LogP contribution in [0.25, 0.3) is 165 Å². The van der Waals surface area contributed by atoms with Crippen molar-refractivity contribution in [2.24, 2.45) is 0 Å². The summed E-state index contributed by atoms with van der Waals surface area (Å²) in [7, 11) is 0. The van der Waals surface area contributed by atoms with E-state index < -0.39 is 10.8 Å². The average Bonchev–Trinajstić information content (AvgIpc) is 1.50. The number of para-hydroxylation sites is 1. The van der Waals surface area contributed by atoms with Crippen molar-refractivity contribution in [1.29, 1.82) is 0 Å². The largest absolute Gasteiger partial charge is 0.310 e. The standard InChI is InChI=1S/C125H80N2/c1-123(2)109-45-19-12-36-96(109)101-69-65-85(75-117(101)123)126(86-66-70-102-99-39-15-22-48-112(99)125(118(102)76-86)110-46-20-13-37-97(110)98-38-14-21-47-111(98)125)83-63-56-79(57-64-83)88-43-26-44-104-107-73-81(59-68-95(107)92-34-10-11-41-103(92)121(88)104)82-60-71-115-108(74-82)100-40-16-23-49-113(100)124(115)114-50-24-17-42-105(114)122-116(124)51-27-53-120(122)127(119-52-25-18-30-87(119)78-28-4-3-5-29-78)84-61-54-77(55-62-84)80-58-67-94-91-33-7-6-31-89(91)90-32-8-9-35-93(90)106(94)72-80/h3-76H,1-2H3. The first-order chi connectivity index (χ1) is 62.8. The first kappa shape index (κ1) is 71.6. The van der Waals surface area contributed by atoms with Gasteiger partial charge in [0.05, 0.1) is 22.2 Å². The maximum absolute atomic E-state index is 2.54. The van der Waals surface area contributed by atoms with Crippen molar-refractivity contribution in [2.75, 3.05) is 9.80 Å². The van der Waals surface area contributed by atoms with E-state index in [-0.39, 0.29) is 5.41 Å². The molecule has 22 aromatic carbocycles. The van der Waals surface area contributed by atoms with Crippen LogP contribution in [0.4, 0.5) is 34.1 Å². The van der Waals surface area contributed by atoms with Crippen molar-refractivity contribution in [3.8, 4) is 100 Å². The lowest BCUT2D eigenvalue weighted by Gasteiger charge is -2.32. The second-order valence-corrected chi connectivity index (χ2v) is 35.9. The molecule has 5 aliphatic carbocycles. The fourth-order valence-corrected chi connectivity index (χ4v) is 24.1. The van der Waals surface area contributed by atoms with E-state index in [1.807, 2.05) is 0 Å². The Morgan fingerprint density at radius 3 is 1.09 bits per heavy atom. The number of hydrogen-bond donors (Lipinski definition) is 0. The minimum absolute atomic E-state index is 0.200. The minimum atomic E-state index is -0.627. The van der Waals surface area contributed by atoms with Gasteiger partial charge in [-0.05, 0) is 288 Å². The molecule has 590 valence electrons. The molecular weight excluding hydrogens is 1530 g/mol. The van der Waals surface area contributed by atoms with Gasteiger partial charge in [-0.1, -0.05) is 384 Å². The van der Waals surface area contributed by atoms with E-state index in [1.165, 1.54) is 204 Å². The lowest BCUT2D eigenvalue weighted by atomic mass is 9.70. The van der Waals surface area contributed by atoms with Crippen molar-refractivity contribution in [2.45, 2.75) is 30.1 Å². The van der Waals surface area contributed by atoms with E-state index >= 15 is 0 Å². The highest BCUT2D eigenvalue weighted by Crippen LogP contribution is 2.67. The zero-order chi connectivity index (χ0) is 83.5. The van der Waals surface area contributed by atoms with Crippen LogP contribution in [0.2, 0.25) is 0 Å². The monoisotopic (exact) mass is 1610 g/mol. The Morgan fingerprint density at radius 1 is 0.157 bits per heavy atom. The molecule has 127 heavy (non-hydrogen) atoms. The van der Waals surface area contributed by atoms with E-state index in [4.69, 9.17) is 0 Å². The second-order valence-electron chi connectivity index (χ2n) is 35.9. The Hall–Kier alpha value is -16.0. The molecule has 27 rings (SSSR count).